The number of benzene rings is 2. The second-order valence-electron chi connectivity index (χ2n) is 8.77. The van der Waals surface area contributed by atoms with Gasteiger partial charge in [-0.15, -0.1) is 0 Å². The van der Waals surface area contributed by atoms with Crippen molar-refractivity contribution in [3.8, 4) is 16.9 Å². The van der Waals surface area contributed by atoms with Crippen LogP contribution in [-0.2, 0) is 20.7 Å². The molecule has 0 bridgehead atoms. The number of Topliss-reactive ketones (excluding diaryl/α,β-unsaturated/α-hetero) is 1. The van der Waals surface area contributed by atoms with Crippen molar-refractivity contribution in [1.29, 1.82) is 0 Å². The number of carbonyl (C=O) groups is 3. The number of hydrogen-bond donors (Lipinski definition) is 0. The highest BCUT2D eigenvalue weighted by Crippen LogP contribution is 2.47. The Bertz CT molecular complexity index is 1470. The lowest BCUT2D eigenvalue weighted by atomic mass is 9.93. The summed E-state index contributed by atoms with van der Waals surface area (Å²) in [7, 11) is 1.28. The Morgan fingerprint density at radius 2 is 1.69 bits per heavy atom. The molecule has 6 nitrogen and oxygen atoms in total. The summed E-state index contributed by atoms with van der Waals surface area (Å²) in [6, 6.07) is 21.7. The summed E-state index contributed by atoms with van der Waals surface area (Å²) < 4.78 is 12.3. The zero-order chi connectivity index (χ0) is 25.2. The van der Waals surface area contributed by atoms with Crippen LogP contribution in [0.5, 0.6) is 5.75 Å². The average molecular weight is 502 g/mol. The van der Waals surface area contributed by atoms with E-state index in [0.717, 1.165) is 40.8 Å². The van der Waals surface area contributed by atoms with Gasteiger partial charge in [0.15, 0.2) is 6.61 Å². The standard InChI is InChI=1S/C29H24ClNO5/c1-35-24(32)17-36-23-12-7-15-31-22(25(19-13-14-19)26(27(23)31)28(33)29(30)34)16-20-10-5-6-11-21(20)18-8-3-2-4-9-18/h2-12,15,19H,13-14,16-17H2,1H3. The van der Waals surface area contributed by atoms with Crippen molar-refractivity contribution in [2.24, 2.45) is 0 Å². The van der Waals surface area contributed by atoms with Crippen molar-refractivity contribution < 1.29 is 23.9 Å². The molecule has 0 spiro atoms. The van der Waals surface area contributed by atoms with E-state index in [-0.39, 0.29) is 18.1 Å². The molecule has 0 saturated heterocycles. The maximum atomic E-state index is 13.2. The first-order valence-corrected chi connectivity index (χ1v) is 12.1. The fourth-order valence-corrected chi connectivity index (χ4v) is 4.84. The number of fused-ring (bicyclic) bond motifs is 1. The Kier molecular flexibility index (Phi) is 6.61. The summed E-state index contributed by atoms with van der Waals surface area (Å²) >= 11 is 5.72. The predicted molar refractivity (Wildman–Crippen MR) is 137 cm³/mol. The van der Waals surface area contributed by atoms with E-state index < -0.39 is 17.0 Å². The van der Waals surface area contributed by atoms with E-state index in [4.69, 9.17) is 21.1 Å². The molecule has 1 aliphatic rings. The van der Waals surface area contributed by atoms with E-state index in [9.17, 15) is 14.4 Å². The molecule has 0 aliphatic heterocycles. The summed E-state index contributed by atoms with van der Waals surface area (Å²) in [6.07, 6.45) is 4.21. The maximum Gasteiger partial charge on any atom is 0.343 e. The molecule has 1 saturated carbocycles. The quantitative estimate of drug-likeness (QED) is 0.130. The van der Waals surface area contributed by atoms with Crippen molar-refractivity contribution >= 4 is 34.1 Å². The normalized spacial score (nSPS) is 12.9. The Labute approximate surface area is 213 Å². The fraction of sp³-hybridized carbons (Fsp3) is 0.207. The second-order valence-corrected chi connectivity index (χ2v) is 9.11. The summed E-state index contributed by atoms with van der Waals surface area (Å²) in [4.78, 5) is 37.0. The van der Waals surface area contributed by atoms with Crippen molar-refractivity contribution in [1.82, 2.24) is 4.40 Å². The SMILES string of the molecule is COC(=O)COc1cccn2c(Cc3ccccc3-c3ccccc3)c(C3CC3)c(C(=O)C(=O)Cl)c12. The molecule has 2 aromatic carbocycles. The Morgan fingerprint density at radius 1 is 0.972 bits per heavy atom. The third-order valence-corrected chi connectivity index (χ3v) is 6.66. The molecule has 1 aliphatic carbocycles. The minimum Gasteiger partial charge on any atom is -0.480 e. The first-order valence-electron chi connectivity index (χ1n) is 11.7. The summed E-state index contributed by atoms with van der Waals surface area (Å²) in [5, 5.41) is -1.05. The molecule has 0 amide bonds. The van der Waals surface area contributed by atoms with E-state index in [1.165, 1.54) is 7.11 Å². The van der Waals surface area contributed by atoms with Crippen molar-refractivity contribution in [3.63, 3.8) is 0 Å². The lowest BCUT2D eigenvalue weighted by Gasteiger charge is -2.13. The van der Waals surface area contributed by atoms with Gasteiger partial charge in [-0.1, -0.05) is 54.6 Å². The van der Waals surface area contributed by atoms with Crippen molar-refractivity contribution in [2.75, 3.05) is 13.7 Å². The monoisotopic (exact) mass is 501 g/mol. The second kappa shape index (κ2) is 9.99. The molecule has 7 heteroatoms. The molecular formula is C29H24ClNO5. The Balaban J connectivity index is 1.71. The van der Waals surface area contributed by atoms with E-state index in [0.29, 0.717) is 17.7 Å². The molecule has 0 unspecified atom stereocenters. The molecule has 5 rings (SSSR count). The van der Waals surface area contributed by atoms with Crippen LogP contribution in [0.2, 0.25) is 0 Å². The van der Waals surface area contributed by atoms with Gasteiger partial charge in [0.25, 0.3) is 5.24 Å². The number of ether oxygens (including phenoxy) is 2. The van der Waals surface area contributed by atoms with E-state index in [1.54, 1.807) is 12.1 Å². The number of esters is 1. The molecule has 1 fully saturated rings. The minimum absolute atomic E-state index is 0.146. The number of carbonyl (C=O) groups excluding carboxylic acids is 3. The summed E-state index contributed by atoms with van der Waals surface area (Å²) in [5.74, 6) is -0.863. The van der Waals surface area contributed by atoms with E-state index >= 15 is 0 Å². The number of aromatic nitrogens is 1. The number of halogens is 1. The molecule has 0 atom stereocenters. The van der Waals surface area contributed by atoms with Gasteiger partial charge in [-0.05, 0) is 64.7 Å². The van der Waals surface area contributed by atoms with Gasteiger partial charge in [0, 0.05) is 18.3 Å². The van der Waals surface area contributed by atoms with Crippen LogP contribution in [0, 0.1) is 0 Å². The van der Waals surface area contributed by atoms with Crippen molar-refractivity contribution in [2.45, 2.75) is 25.2 Å². The number of pyridine rings is 1. The van der Waals surface area contributed by atoms with Gasteiger partial charge in [0.2, 0.25) is 5.78 Å². The van der Waals surface area contributed by atoms with Crippen LogP contribution in [-0.4, -0.2) is 35.1 Å². The molecular weight excluding hydrogens is 478 g/mol. The van der Waals surface area contributed by atoms with Gasteiger partial charge in [0.05, 0.1) is 18.2 Å². The first-order chi connectivity index (χ1) is 17.5. The lowest BCUT2D eigenvalue weighted by molar-refractivity contribution is -0.142. The smallest absolute Gasteiger partial charge is 0.343 e. The molecule has 36 heavy (non-hydrogen) atoms. The van der Waals surface area contributed by atoms with Crippen LogP contribution >= 0.6 is 11.6 Å². The van der Waals surface area contributed by atoms with Gasteiger partial charge in [-0.2, -0.15) is 0 Å². The van der Waals surface area contributed by atoms with E-state index in [2.05, 4.69) is 24.3 Å². The van der Waals surface area contributed by atoms with Gasteiger partial charge in [0.1, 0.15) is 5.75 Å². The lowest BCUT2D eigenvalue weighted by Crippen LogP contribution is -2.14. The summed E-state index contributed by atoms with van der Waals surface area (Å²) in [6.45, 7) is -0.325. The zero-order valence-electron chi connectivity index (χ0n) is 19.7. The van der Waals surface area contributed by atoms with Crippen LogP contribution in [0.25, 0.3) is 16.6 Å². The van der Waals surface area contributed by atoms with Crippen LogP contribution < -0.4 is 4.74 Å². The molecule has 2 aromatic heterocycles. The molecule has 4 aromatic rings. The van der Waals surface area contributed by atoms with Gasteiger partial charge in [-0.3, -0.25) is 9.59 Å². The van der Waals surface area contributed by atoms with Gasteiger partial charge in [-0.25, -0.2) is 4.79 Å². The van der Waals surface area contributed by atoms with Crippen LogP contribution in [0.15, 0.2) is 72.9 Å². The van der Waals surface area contributed by atoms with Crippen molar-refractivity contribution in [3.05, 3.63) is 95.3 Å². The highest BCUT2D eigenvalue weighted by atomic mass is 35.5. The molecule has 182 valence electrons. The zero-order valence-corrected chi connectivity index (χ0v) is 20.5. The third kappa shape index (κ3) is 4.52. The molecule has 0 N–H and O–H groups in total. The topological polar surface area (TPSA) is 74.1 Å². The van der Waals surface area contributed by atoms with Crippen LogP contribution in [0.1, 0.15) is 45.9 Å². The average Bonchev–Trinajstić information content (AvgIpc) is 3.70. The highest BCUT2D eigenvalue weighted by Gasteiger charge is 2.37. The van der Waals surface area contributed by atoms with Crippen LogP contribution in [0.4, 0.5) is 0 Å². The number of rotatable bonds is 9. The number of hydrogen-bond acceptors (Lipinski definition) is 5. The Morgan fingerprint density at radius 3 is 2.39 bits per heavy atom. The summed E-state index contributed by atoms with van der Waals surface area (Å²) in [5.41, 5.74) is 5.69. The van der Waals surface area contributed by atoms with Crippen LogP contribution in [0.3, 0.4) is 0 Å². The van der Waals surface area contributed by atoms with Gasteiger partial charge < -0.3 is 13.9 Å². The fourth-order valence-electron chi connectivity index (χ4n) is 4.75. The first kappa shape index (κ1) is 23.8. The number of methoxy groups -OCH3 is 1. The van der Waals surface area contributed by atoms with Gasteiger partial charge >= 0.3 is 5.97 Å². The largest absolute Gasteiger partial charge is 0.480 e. The number of nitrogens with zero attached hydrogens (tertiary/aromatic N) is 1. The maximum absolute atomic E-state index is 13.2. The minimum atomic E-state index is -1.05. The van der Waals surface area contributed by atoms with E-state index in [1.807, 2.05) is 40.9 Å². The number of ketones is 1. The Hall–Kier alpha value is -3.90. The third-order valence-electron chi connectivity index (χ3n) is 6.49. The highest BCUT2D eigenvalue weighted by molar-refractivity contribution is 6.83. The molecule has 2 heterocycles. The molecule has 0 radical (unpaired) electrons. The predicted octanol–water partition coefficient (Wildman–Crippen LogP) is 5.57.